The van der Waals surface area contributed by atoms with Gasteiger partial charge < -0.3 is 0 Å². The second-order valence-corrected chi connectivity index (χ2v) is 5.03. The van der Waals surface area contributed by atoms with Gasteiger partial charge in [-0.1, -0.05) is 0 Å². The number of ether oxygens (including phenoxy) is 1. The van der Waals surface area contributed by atoms with Crippen LogP contribution in [-0.2, 0) is 9.44 Å². The van der Waals surface area contributed by atoms with Crippen LogP contribution in [-0.4, -0.2) is 38.6 Å². The average molecular weight is 374 g/mol. The Hall–Kier alpha value is -1.32. The zero-order chi connectivity index (χ0) is 13.8. The molecule has 5 nitrogen and oxygen atoms in total. The molecule has 1 fully saturated rings. The Morgan fingerprint density at radius 3 is 3.11 bits per heavy atom. The first kappa shape index (κ1) is 14.1. The number of benzene rings is 1. The second kappa shape index (κ2) is 6.22. The molecule has 0 unspecified atom stereocenters. The number of carbonyl (C=O) groups excluding carboxylic acids is 1. The molecule has 1 aromatic rings. The predicted molar refractivity (Wildman–Crippen MR) is 76.5 cm³/mol. The minimum atomic E-state index is -0.535. The van der Waals surface area contributed by atoms with Crippen molar-refractivity contribution in [2.75, 3.05) is 18.0 Å². The zero-order valence-corrected chi connectivity index (χ0v) is 11.9. The number of halogens is 2. The molecule has 1 saturated heterocycles. The molecule has 0 radical (unpaired) electrons. The number of carbonyl (C=O) groups is 1. The Morgan fingerprint density at radius 2 is 2.42 bits per heavy atom. The van der Waals surface area contributed by atoms with E-state index in [1.54, 1.807) is 12.1 Å². The molecule has 0 spiro atoms. The normalized spacial score (nSPS) is 18.7. The number of amides is 1. The molecule has 0 aromatic heterocycles. The van der Waals surface area contributed by atoms with Crippen molar-refractivity contribution < 1.29 is 18.6 Å². The van der Waals surface area contributed by atoms with Crippen molar-refractivity contribution in [2.45, 2.75) is 6.10 Å². The molecule has 1 heterocycles. The van der Waals surface area contributed by atoms with E-state index in [1.807, 2.05) is 22.6 Å². The third-order valence-corrected chi connectivity index (χ3v) is 3.44. The van der Waals surface area contributed by atoms with Gasteiger partial charge in [-0.15, -0.1) is 0 Å². The first-order chi connectivity index (χ1) is 9.11. The van der Waals surface area contributed by atoms with Crippen LogP contribution in [0, 0.1) is 9.39 Å². The van der Waals surface area contributed by atoms with Crippen LogP contribution in [0.2, 0.25) is 0 Å². The maximum absolute atomic E-state index is 13.5. The van der Waals surface area contributed by atoms with Crippen LogP contribution in [0.1, 0.15) is 0 Å². The molecule has 0 saturated carbocycles. The summed E-state index contributed by atoms with van der Waals surface area (Å²) < 4.78 is 29.1. The molecule has 1 aromatic carbocycles. The zero-order valence-electron chi connectivity index (χ0n) is 9.75. The van der Waals surface area contributed by atoms with Gasteiger partial charge in [-0.05, 0) is 0 Å². The number of nitrogens with zero attached hydrogens (tertiary/aromatic N) is 2. The van der Waals surface area contributed by atoms with Gasteiger partial charge in [0.2, 0.25) is 0 Å². The van der Waals surface area contributed by atoms with Gasteiger partial charge in [0.1, 0.15) is 0 Å². The molecule has 98 valence electrons. The van der Waals surface area contributed by atoms with Crippen molar-refractivity contribution in [2.24, 2.45) is 4.99 Å². The molecular formula is C11H9BFIN2O3. The summed E-state index contributed by atoms with van der Waals surface area (Å²) in [6.07, 6.45) is 0.152. The summed E-state index contributed by atoms with van der Waals surface area (Å²) in [5.41, 5.74) is 0.449. The standard InChI is InChI=1S/C11H9BFIN2O3/c13-9-3-7(1-2-10(9)14)16-5-8(19-11(16)17)4-15-6-12-18/h1-3,6,8H,4-5H2/b15-6-/t8-/m0/s1. The Kier molecular flexibility index (Phi) is 4.62. The van der Waals surface area contributed by atoms with Gasteiger partial charge in [0.15, 0.2) is 0 Å². The molecule has 2 rings (SSSR count). The van der Waals surface area contributed by atoms with E-state index in [0.29, 0.717) is 16.4 Å². The van der Waals surface area contributed by atoms with Crippen LogP contribution in [0.3, 0.4) is 0 Å². The first-order valence-electron chi connectivity index (χ1n) is 5.48. The average Bonchev–Trinajstić information content (AvgIpc) is 2.74. The summed E-state index contributed by atoms with van der Waals surface area (Å²) in [5.74, 6) is -0.381. The summed E-state index contributed by atoms with van der Waals surface area (Å²) >= 11 is 1.87. The fourth-order valence-electron chi connectivity index (χ4n) is 1.70. The van der Waals surface area contributed by atoms with Crippen molar-refractivity contribution >= 4 is 47.6 Å². The number of cyclic esters (lactones) is 1. The molecule has 1 amide bonds. The van der Waals surface area contributed by atoms with E-state index in [2.05, 4.69) is 4.99 Å². The molecule has 1 aliphatic heterocycles. The number of rotatable bonds is 4. The van der Waals surface area contributed by atoms with E-state index < -0.39 is 12.2 Å². The van der Waals surface area contributed by atoms with E-state index >= 15 is 0 Å². The van der Waals surface area contributed by atoms with Crippen LogP contribution in [0.15, 0.2) is 23.2 Å². The Bertz CT molecular complexity index is 541. The van der Waals surface area contributed by atoms with E-state index in [4.69, 9.17) is 4.74 Å². The van der Waals surface area contributed by atoms with E-state index in [-0.39, 0.29) is 18.9 Å². The van der Waals surface area contributed by atoms with E-state index in [0.717, 1.165) is 6.11 Å². The van der Waals surface area contributed by atoms with Crippen molar-refractivity contribution in [3.63, 3.8) is 0 Å². The van der Waals surface area contributed by atoms with Gasteiger partial charge in [0.05, 0.1) is 0 Å². The SMILES string of the molecule is O=B/C=N\C[C@H]1CN(c2ccc(I)c(F)c2)C(=O)O1. The fraction of sp³-hybridized carbons (Fsp3) is 0.273. The molecule has 1 aliphatic rings. The summed E-state index contributed by atoms with van der Waals surface area (Å²) in [7, 11) is 0.559. The topological polar surface area (TPSA) is 59.0 Å². The van der Waals surface area contributed by atoms with E-state index in [9.17, 15) is 13.9 Å². The van der Waals surface area contributed by atoms with Gasteiger partial charge in [-0.2, -0.15) is 0 Å². The Balaban J connectivity index is 2.09. The van der Waals surface area contributed by atoms with Crippen molar-refractivity contribution in [1.82, 2.24) is 0 Å². The van der Waals surface area contributed by atoms with Gasteiger partial charge in [-0.25, -0.2) is 0 Å². The van der Waals surface area contributed by atoms with Crippen LogP contribution < -0.4 is 4.90 Å². The van der Waals surface area contributed by atoms with E-state index in [1.165, 1.54) is 11.0 Å². The van der Waals surface area contributed by atoms with Crippen LogP contribution >= 0.6 is 22.6 Å². The first-order valence-corrected chi connectivity index (χ1v) is 6.56. The molecule has 0 aliphatic carbocycles. The fourth-order valence-corrected chi connectivity index (χ4v) is 2.04. The number of hydrogen-bond acceptors (Lipinski definition) is 4. The molecular weight excluding hydrogens is 365 g/mol. The van der Waals surface area contributed by atoms with Crippen LogP contribution in [0.5, 0.6) is 0 Å². The monoisotopic (exact) mass is 374 g/mol. The molecule has 0 N–H and O–H groups in total. The second-order valence-electron chi connectivity index (χ2n) is 3.87. The Morgan fingerprint density at radius 1 is 1.63 bits per heavy atom. The Labute approximate surface area is 123 Å². The van der Waals surface area contributed by atoms with Crippen LogP contribution in [0.4, 0.5) is 14.9 Å². The number of anilines is 1. The molecule has 19 heavy (non-hydrogen) atoms. The number of hydrogen-bond donors (Lipinski definition) is 0. The third kappa shape index (κ3) is 3.37. The molecule has 0 bridgehead atoms. The summed E-state index contributed by atoms with van der Waals surface area (Å²) in [4.78, 5) is 16.8. The maximum atomic E-state index is 13.5. The third-order valence-electron chi connectivity index (χ3n) is 2.56. The van der Waals surface area contributed by atoms with Gasteiger partial charge in [0.25, 0.3) is 0 Å². The minimum absolute atomic E-state index is 0.216. The summed E-state index contributed by atoms with van der Waals surface area (Å²) in [6, 6.07) is 4.54. The molecule has 8 heteroatoms. The van der Waals surface area contributed by atoms with Crippen molar-refractivity contribution in [3.05, 3.63) is 27.6 Å². The van der Waals surface area contributed by atoms with Gasteiger partial charge in [-0.3, -0.25) is 0 Å². The number of aliphatic imine (C=N–C) groups is 1. The van der Waals surface area contributed by atoms with Gasteiger partial charge >= 0.3 is 123 Å². The predicted octanol–water partition coefficient (Wildman–Crippen LogP) is 1.83. The molecule has 1 atom stereocenters. The quantitative estimate of drug-likeness (QED) is 0.459. The summed E-state index contributed by atoms with van der Waals surface area (Å²) in [5, 5.41) is 0. The summed E-state index contributed by atoms with van der Waals surface area (Å²) in [6.45, 7) is 0.503. The van der Waals surface area contributed by atoms with Gasteiger partial charge in [0, 0.05) is 0 Å². The van der Waals surface area contributed by atoms with Crippen LogP contribution in [0.25, 0.3) is 0 Å². The van der Waals surface area contributed by atoms with Crippen molar-refractivity contribution in [1.29, 1.82) is 0 Å². The van der Waals surface area contributed by atoms with Crippen molar-refractivity contribution in [3.8, 4) is 0 Å².